The van der Waals surface area contributed by atoms with E-state index < -0.39 is 5.41 Å². The van der Waals surface area contributed by atoms with Crippen LogP contribution in [0.1, 0.15) is 47.2 Å². The highest BCUT2D eigenvalue weighted by Crippen LogP contribution is 2.61. The lowest BCUT2D eigenvalue weighted by molar-refractivity contribution is 0.660. The van der Waals surface area contributed by atoms with Crippen molar-refractivity contribution in [2.24, 2.45) is 0 Å². The average Bonchev–Trinajstić information content (AvgIpc) is 3.80. The van der Waals surface area contributed by atoms with E-state index in [-0.39, 0.29) is 60.0 Å². The minimum absolute atomic E-state index is 0.206. The summed E-state index contributed by atoms with van der Waals surface area (Å²) in [5, 5.41) is 2.14. The number of hydrogen-bond acceptors (Lipinski definition) is 1. The molecule has 0 aromatic heterocycles. The van der Waals surface area contributed by atoms with E-state index in [9.17, 15) is 0 Å². The first-order chi connectivity index (χ1) is 29.6. The molecule has 8 aromatic rings. The van der Waals surface area contributed by atoms with Crippen molar-refractivity contribution in [3.05, 3.63) is 143 Å². The minimum atomic E-state index is -1.27. The molecule has 3 aliphatic carbocycles. The van der Waals surface area contributed by atoms with Gasteiger partial charge in [0.1, 0.15) is 86.3 Å². The van der Waals surface area contributed by atoms with Crippen molar-refractivity contribution in [3.63, 3.8) is 0 Å². The Morgan fingerprint density at radius 1 is 0.355 bits per heavy atom. The highest BCUT2D eigenvalue weighted by Gasteiger charge is 2.54. The third-order valence-electron chi connectivity index (χ3n) is 13.9. The van der Waals surface area contributed by atoms with Crippen LogP contribution in [0.5, 0.6) is 0 Å². The summed E-state index contributed by atoms with van der Waals surface area (Å²) >= 11 is 0. The Labute approximate surface area is 377 Å². The van der Waals surface area contributed by atoms with Crippen molar-refractivity contribution in [2.45, 2.75) is 24.7 Å². The number of benzene rings is 8. The Hall–Kier alpha value is -5.47. The Morgan fingerprint density at radius 3 is 1.35 bits per heavy atom. The maximum absolute atomic E-state index is 7.42. The van der Waals surface area contributed by atoms with E-state index in [0.29, 0.717) is 55.7 Å². The molecule has 0 saturated carbocycles. The van der Waals surface area contributed by atoms with E-state index >= 15 is 0 Å². The van der Waals surface area contributed by atoms with Gasteiger partial charge >= 0.3 is 0 Å². The fourth-order valence-corrected chi connectivity index (χ4v) is 10.8. The van der Waals surface area contributed by atoms with Gasteiger partial charge in [0, 0.05) is 22.5 Å². The highest BCUT2D eigenvalue weighted by molar-refractivity contribution is 6.63. The molecule has 0 amide bonds. The van der Waals surface area contributed by atoms with E-state index in [1.54, 1.807) is 0 Å². The van der Waals surface area contributed by atoms with Crippen molar-refractivity contribution < 1.29 is 0 Å². The van der Waals surface area contributed by atoms with Crippen LogP contribution in [0.15, 0.2) is 109 Å². The molecule has 1 spiro atoms. The quantitative estimate of drug-likeness (QED) is 0.224. The lowest BCUT2D eigenvalue weighted by Gasteiger charge is -2.35. The summed E-state index contributed by atoms with van der Waals surface area (Å²) in [7, 11) is 75.7. The fraction of sp³-hybridized carbons (Fsp3) is 0.0800. The summed E-state index contributed by atoms with van der Waals surface area (Å²) in [6.07, 6.45) is 0. The van der Waals surface area contributed by atoms with Crippen LogP contribution in [-0.4, -0.2) is 86.3 Å². The van der Waals surface area contributed by atoms with E-state index in [4.69, 9.17) is 86.3 Å². The molecule has 0 N–H and O–H groups in total. The molecule has 0 aliphatic heterocycles. The zero-order valence-corrected chi connectivity index (χ0v) is 34.2. The van der Waals surface area contributed by atoms with Crippen molar-refractivity contribution >= 4 is 174 Å². The first-order valence-electron chi connectivity index (χ1n) is 20.3. The molecule has 262 valence electrons. The van der Waals surface area contributed by atoms with Gasteiger partial charge in [0.25, 0.3) is 0 Å². The normalized spacial score (nSPS) is 14.3. The van der Waals surface area contributed by atoms with Crippen LogP contribution in [0.2, 0.25) is 0 Å². The standard InChI is InChI=1S/C50H24B11N/c1-49(2)27-10-6-5-9-25(27)26-14-13-24(16-28(26)49)62(23-12-11-21-7-3-4-8-22(21)15-23)36-20-32-40(48(61)44(36)57)39-31(19-35(53)43(56)47(39)60)50(32)29-17-33(51)41(54)45(58)37(29)38-30(50)18-34(52)42(55)46(38)59/h3-20H,1-2H3. The van der Waals surface area contributed by atoms with Crippen LogP contribution in [0.3, 0.4) is 0 Å². The van der Waals surface area contributed by atoms with Crippen molar-refractivity contribution in [1.82, 2.24) is 0 Å². The predicted octanol–water partition coefficient (Wildman–Crippen LogP) is -0.309. The molecule has 0 bridgehead atoms. The smallest absolute Gasteiger partial charge is 0.115 e. The largest absolute Gasteiger partial charge is 0.311 e. The van der Waals surface area contributed by atoms with E-state index in [2.05, 4.69) is 97.6 Å². The maximum atomic E-state index is 7.42. The third-order valence-corrected chi connectivity index (χ3v) is 13.9. The lowest BCUT2D eigenvalue weighted by Crippen LogP contribution is -2.43. The number of fused-ring (bicyclic) bond motifs is 14. The lowest BCUT2D eigenvalue weighted by atomic mass is 9.62. The molecule has 12 heteroatoms. The number of rotatable bonds is 3. The van der Waals surface area contributed by atoms with Crippen LogP contribution in [0, 0.1) is 0 Å². The zero-order valence-electron chi connectivity index (χ0n) is 34.2. The van der Waals surface area contributed by atoms with Crippen LogP contribution < -0.4 is 65.0 Å². The summed E-state index contributed by atoms with van der Waals surface area (Å²) in [6.45, 7) is 4.52. The minimum Gasteiger partial charge on any atom is -0.311 e. The summed E-state index contributed by atoms with van der Waals surface area (Å²) in [4.78, 5) is 2.16. The van der Waals surface area contributed by atoms with Gasteiger partial charge in [-0.15, -0.1) is 32.8 Å². The molecule has 22 radical (unpaired) electrons. The van der Waals surface area contributed by atoms with Gasteiger partial charge in [-0.2, -0.15) is 0 Å². The van der Waals surface area contributed by atoms with E-state index in [1.165, 1.54) is 22.3 Å². The van der Waals surface area contributed by atoms with Gasteiger partial charge in [-0.1, -0.05) is 120 Å². The number of nitrogens with zero attached hydrogens (tertiary/aromatic N) is 1. The molecule has 11 rings (SSSR count). The van der Waals surface area contributed by atoms with Gasteiger partial charge in [-0.3, -0.25) is 0 Å². The molecule has 0 atom stereocenters. The Kier molecular flexibility index (Phi) is 8.43. The van der Waals surface area contributed by atoms with Crippen LogP contribution in [-0.2, 0) is 10.8 Å². The van der Waals surface area contributed by atoms with Crippen LogP contribution in [0.25, 0.3) is 44.2 Å². The summed E-state index contributed by atoms with van der Waals surface area (Å²) in [6, 6.07) is 37.3. The van der Waals surface area contributed by atoms with Crippen molar-refractivity contribution in [2.75, 3.05) is 4.90 Å². The molecule has 0 unspecified atom stereocenters. The molecule has 0 heterocycles. The van der Waals surface area contributed by atoms with Crippen molar-refractivity contribution in [3.8, 4) is 33.4 Å². The predicted molar refractivity (Wildman–Crippen MR) is 272 cm³/mol. The second-order valence-electron chi connectivity index (χ2n) is 17.3. The van der Waals surface area contributed by atoms with Gasteiger partial charge in [0.05, 0.1) is 5.41 Å². The summed E-state index contributed by atoms with van der Waals surface area (Å²) in [5.74, 6) is 0. The van der Waals surface area contributed by atoms with Crippen LogP contribution >= 0.6 is 0 Å². The summed E-state index contributed by atoms with van der Waals surface area (Å²) < 4.78 is 0. The Bertz CT molecular complexity index is 3290. The van der Waals surface area contributed by atoms with Gasteiger partial charge in [0.2, 0.25) is 0 Å². The van der Waals surface area contributed by atoms with Gasteiger partial charge in [0.15, 0.2) is 0 Å². The zero-order chi connectivity index (χ0) is 43.5. The van der Waals surface area contributed by atoms with Gasteiger partial charge in [-0.05, 0) is 108 Å². The molecule has 0 saturated heterocycles. The SMILES string of the molecule is [B]c1cc2c(c([B])c1[B])-c1c(cc([B])c([B])c1[B])C21c2cc([B])c([B])c([B])c2-c2c1cc(N(c1ccc3c(c1)C(C)(C)c1ccccc1-3)c1ccc3ccccc3c1)c([B])c2[B]. The maximum Gasteiger partial charge on any atom is 0.115 e. The molecule has 3 aliphatic rings. The molecule has 8 aromatic carbocycles. The topological polar surface area (TPSA) is 3.24 Å². The molecule has 62 heavy (non-hydrogen) atoms. The monoisotopic (exact) mass is 759 g/mol. The second-order valence-corrected chi connectivity index (χ2v) is 17.3. The number of anilines is 3. The van der Waals surface area contributed by atoms with Gasteiger partial charge < -0.3 is 4.90 Å². The third kappa shape index (κ3) is 4.90. The second kappa shape index (κ2) is 13.3. The fourth-order valence-electron chi connectivity index (χ4n) is 10.8. The average molecular weight is 758 g/mol. The molecule has 0 fully saturated rings. The molecular formula is C50H24B11N. The first kappa shape index (κ1) is 39.4. The summed E-state index contributed by atoms with van der Waals surface area (Å²) in [5.41, 5.74) is 13.3. The van der Waals surface area contributed by atoms with Crippen LogP contribution in [0.4, 0.5) is 17.1 Å². The Balaban J connectivity index is 1.29. The first-order valence-corrected chi connectivity index (χ1v) is 20.3. The highest BCUT2D eigenvalue weighted by atomic mass is 15.1. The number of hydrogen-bond donors (Lipinski definition) is 0. The molecular weight excluding hydrogens is 733 g/mol. The van der Waals surface area contributed by atoms with Gasteiger partial charge in [-0.25, -0.2) is 0 Å². The van der Waals surface area contributed by atoms with E-state index in [0.717, 1.165) is 22.1 Å². The van der Waals surface area contributed by atoms with Crippen molar-refractivity contribution in [1.29, 1.82) is 0 Å². The van der Waals surface area contributed by atoms with E-state index in [1.807, 2.05) is 30.3 Å². The molecule has 1 nitrogen and oxygen atoms in total. The Morgan fingerprint density at radius 2 is 0.790 bits per heavy atom.